The van der Waals surface area contributed by atoms with Gasteiger partial charge in [0.05, 0.1) is 0 Å². The van der Waals surface area contributed by atoms with E-state index >= 15 is 0 Å². The van der Waals surface area contributed by atoms with Crippen molar-refractivity contribution < 1.29 is 18.3 Å². The zero-order valence-electron chi connectivity index (χ0n) is 10.4. The first kappa shape index (κ1) is 15.1. The molecule has 0 amide bonds. The van der Waals surface area contributed by atoms with Gasteiger partial charge in [-0.2, -0.15) is 0 Å². The summed E-state index contributed by atoms with van der Waals surface area (Å²) in [6.45, 7) is 2.32. The van der Waals surface area contributed by atoms with Gasteiger partial charge in [-0.25, -0.2) is 17.9 Å². The van der Waals surface area contributed by atoms with Crippen LogP contribution in [0.15, 0.2) is 16.3 Å². The SMILES string of the molecule is CC(CN(C)C)NS(=O)(=O)c1ccc(C(=O)O)s1. The van der Waals surface area contributed by atoms with Gasteiger partial charge < -0.3 is 10.0 Å². The Balaban J connectivity index is 2.82. The number of carboxylic acids is 1. The maximum Gasteiger partial charge on any atom is 0.345 e. The summed E-state index contributed by atoms with van der Waals surface area (Å²) in [5.74, 6) is -1.12. The molecule has 0 bridgehead atoms. The minimum atomic E-state index is -3.64. The number of thiophene rings is 1. The molecule has 8 heteroatoms. The highest BCUT2D eigenvalue weighted by Gasteiger charge is 2.21. The van der Waals surface area contributed by atoms with Crippen LogP contribution < -0.4 is 4.72 Å². The lowest BCUT2D eigenvalue weighted by Crippen LogP contribution is -2.39. The molecule has 1 atom stereocenters. The minimum Gasteiger partial charge on any atom is -0.477 e. The summed E-state index contributed by atoms with van der Waals surface area (Å²) >= 11 is 0.745. The summed E-state index contributed by atoms with van der Waals surface area (Å²) < 4.78 is 26.4. The van der Waals surface area contributed by atoms with Crippen LogP contribution in [0.4, 0.5) is 0 Å². The van der Waals surface area contributed by atoms with E-state index in [0.29, 0.717) is 6.54 Å². The van der Waals surface area contributed by atoms with Crippen molar-refractivity contribution in [3.63, 3.8) is 0 Å². The van der Waals surface area contributed by atoms with Gasteiger partial charge in [0, 0.05) is 12.6 Å². The van der Waals surface area contributed by atoms with E-state index in [-0.39, 0.29) is 15.1 Å². The first-order chi connectivity index (χ1) is 8.22. The number of likely N-dealkylation sites (N-methyl/N-ethyl adjacent to an activating group) is 1. The normalized spacial score (nSPS) is 13.8. The van der Waals surface area contributed by atoms with Crippen LogP contribution in [-0.2, 0) is 10.0 Å². The third-order valence-corrected chi connectivity index (χ3v) is 5.21. The average Bonchev–Trinajstić information content (AvgIpc) is 2.63. The van der Waals surface area contributed by atoms with Crippen molar-refractivity contribution in [3.8, 4) is 0 Å². The van der Waals surface area contributed by atoms with Crippen LogP contribution in [-0.4, -0.2) is 51.1 Å². The molecule has 0 radical (unpaired) electrons. The Morgan fingerprint density at radius 3 is 2.56 bits per heavy atom. The van der Waals surface area contributed by atoms with E-state index in [1.165, 1.54) is 12.1 Å². The topological polar surface area (TPSA) is 86.7 Å². The van der Waals surface area contributed by atoms with Gasteiger partial charge >= 0.3 is 5.97 Å². The number of hydrogen-bond acceptors (Lipinski definition) is 5. The summed E-state index contributed by atoms with van der Waals surface area (Å²) in [7, 11) is 0.0521. The maximum atomic E-state index is 11.9. The van der Waals surface area contributed by atoms with Gasteiger partial charge in [0.1, 0.15) is 9.09 Å². The van der Waals surface area contributed by atoms with Crippen LogP contribution in [0.1, 0.15) is 16.6 Å². The second kappa shape index (κ2) is 5.79. The van der Waals surface area contributed by atoms with E-state index in [9.17, 15) is 13.2 Å². The van der Waals surface area contributed by atoms with Crippen molar-refractivity contribution in [2.24, 2.45) is 0 Å². The van der Waals surface area contributed by atoms with Gasteiger partial charge in [0.25, 0.3) is 0 Å². The molecule has 0 aliphatic heterocycles. The molecule has 0 saturated heterocycles. The highest BCUT2D eigenvalue weighted by Crippen LogP contribution is 2.21. The van der Waals surface area contributed by atoms with Crippen molar-refractivity contribution in [2.75, 3.05) is 20.6 Å². The minimum absolute atomic E-state index is 0.00985. The molecule has 0 aliphatic carbocycles. The number of aromatic carboxylic acids is 1. The second-order valence-electron chi connectivity index (χ2n) is 4.21. The molecule has 1 rings (SSSR count). The third-order valence-electron chi connectivity index (χ3n) is 2.05. The Morgan fingerprint density at radius 1 is 1.50 bits per heavy atom. The lowest BCUT2D eigenvalue weighted by atomic mass is 10.3. The van der Waals surface area contributed by atoms with Crippen molar-refractivity contribution in [2.45, 2.75) is 17.2 Å². The second-order valence-corrected chi connectivity index (χ2v) is 7.23. The third kappa shape index (κ3) is 4.05. The predicted octanol–water partition coefficient (Wildman–Crippen LogP) is 0.675. The number of hydrogen-bond donors (Lipinski definition) is 2. The summed E-state index contributed by atoms with van der Waals surface area (Å²) in [6, 6.07) is 2.34. The van der Waals surface area contributed by atoms with E-state index in [1.54, 1.807) is 6.92 Å². The van der Waals surface area contributed by atoms with Gasteiger partial charge in [-0.1, -0.05) is 0 Å². The molecule has 1 aromatic rings. The lowest BCUT2D eigenvalue weighted by molar-refractivity contribution is 0.0702. The van der Waals surface area contributed by atoms with E-state index in [2.05, 4.69) is 4.72 Å². The van der Waals surface area contributed by atoms with E-state index in [0.717, 1.165) is 11.3 Å². The summed E-state index contributed by atoms with van der Waals surface area (Å²) in [5, 5.41) is 8.75. The molecule has 2 N–H and O–H groups in total. The van der Waals surface area contributed by atoms with Gasteiger partial charge in [-0.15, -0.1) is 11.3 Å². The van der Waals surface area contributed by atoms with Gasteiger partial charge in [-0.05, 0) is 33.2 Å². The molecule has 1 unspecified atom stereocenters. The average molecular weight is 292 g/mol. The summed E-state index contributed by atoms with van der Waals surface area (Å²) in [6.07, 6.45) is 0. The smallest absolute Gasteiger partial charge is 0.345 e. The highest BCUT2D eigenvalue weighted by molar-refractivity contribution is 7.91. The molecule has 0 aromatic carbocycles. The monoisotopic (exact) mass is 292 g/mol. The molecule has 102 valence electrons. The van der Waals surface area contributed by atoms with Gasteiger partial charge in [0.2, 0.25) is 10.0 Å². The predicted molar refractivity (Wildman–Crippen MR) is 69.6 cm³/mol. The quantitative estimate of drug-likeness (QED) is 0.805. The Morgan fingerprint density at radius 2 is 2.11 bits per heavy atom. The number of carboxylic acid groups (broad SMARTS) is 1. The molecular formula is C10H16N2O4S2. The lowest BCUT2D eigenvalue weighted by Gasteiger charge is -2.17. The van der Waals surface area contributed by atoms with Crippen molar-refractivity contribution in [1.29, 1.82) is 0 Å². The highest BCUT2D eigenvalue weighted by atomic mass is 32.2. The molecule has 18 heavy (non-hydrogen) atoms. The molecule has 6 nitrogen and oxygen atoms in total. The van der Waals surface area contributed by atoms with Gasteiger partial charge in [0.15, 0.2) is 0 Å². The van der Waals surface area contributed by atoms with Crippen molar-refractivity contribution in [3.05, 3.63) is 17.0 Å². The van der Waals surface area contributed by atoms with E-state index in [4.69, 9.17) is 5.11 Å². The molecule has 1 heterocycles. The van der Waals surface area contributed by atoms with Crippen molar-refractivity contribution in [1.82, 2.24) is 9.62 Å². The number of nitrogens with zero attached hydrogens (tertiary/aromatic N) is 1. The molecule has 1 aromatic heterocycles. The van der Waals surface area contributed by atoms with Crippen LogP contribution in [0.25, 0.3) is 0 Å². The number of sulfonamides is 1. The Bertz CT molecular complexity index is 522. The fourth-order valence-electron chi connectivity index (χ4n) is 1.49. The number of carbonyl (C=O) groups is 1. The largest absolute Gasteiger partial charge is 0.477 e. The molecule has 0 saturated carbocycles. The fourth-order valence-corrected chi connectivity index (χ4v) is 3.88. The number of nitrogens with one attached hydrogen (secondary N) is 1. The molecule has 0 fully saturated rings. The zero-order valence-corrected chi connectivity index (χ0v) is 12.0. The first-order valence-electron chi connectivity index (χ1n) is 5.22. The van der Waals surface area contributed by atoms with Crippen LogP contribution in [0, 0.1) is 0 Å². The summed E-state index contributed by atoms with van der Waals surface area (Å²) in [5.41, 5.74) is 0. The Labute approximate surface area is 110 Å². The van der Waals surface area contributed by atoms with E-state index in [1.807, 2.05) is 19.0 Å². The zero-order chi connectivity index (χ0) is 13.9. The maximum absolute atomic E-state index is 11.9. The van der Waals surface area contributed by atoms with Crippen LogP contribution in [0.3, 0.4) is 0 Å². The first-order valence-corrected chi connectivity index (χ1v) is 7.52. The van der Waals surface area contributed by atoms with Crippen molar-refractivity contribution >= 4 is 27.3 Å². The molecular weight excluding hydrogens is 276 g/mol. The van der Waals surface area contributed by atoms with Crippen LogP contribution >= 0.6 is 11.3 Å². The Kier molecular flexibility index (Phi) is 4.85. The fraction of sp³-hybridized carbons (Fsp3) is 0.500. The molecule has 0 spiro atoms. The van der Waals surface area contributed by atoms with Crippen LogP contribution in [0.2, 0.25) is 0 Å². The van der Waals surface area contributed by atoms with Gasteiger partial charge in [-0.3, -0.25) is 0 Å². The standard InChI is InChI=1S/C10H16N2O4S2/c1-7(6-12(2)3)11-18(15,16)9-5-4-8(17-9)10(13)14/h4-5,7,11H,6H2,1-3H3,(H,13,14). The summed E-state index contributed by atoms with van der Waals surface area (Å²) in [4.78, 5) is 12.6. The van der Waals surface area contributed by atoms with Crippen LogP contribution in [0.5, 0.6) is 0 Å². The Hall–Kier alpha value is -0.960. The molecule has 0 aliphatic rings. The number of rotatable bonds is 6. The van der Waals surface area contributed by atoms with E-state index < -0.39 is 16.0 Å².